The maximum absolute atomic E-state index is 5.96. The number of benzene rings is 1. The highest BCUT2D eigenvalue weighted by atomic mass is 35.5. The Morgan fingerprint density at radius 1 is 1.35 bits per heavy atom. The van der Waals surface area contributed by atoms with Gasteiger partial charge in [-0.3, -0.25) is 0 Å². The van der Waals surface area contributed by atoms with E-state index in [1.54, 1.807) is 12.1 Å². The second-order valence-electron chi connectivity index (χ2n) is 4.84. The highest BCUT2D eigenvalue weighted by Gasteiger charge is 2.28. The predicted octanol–water partition coefficient (Wildman–Crippen LogP) is 3.39. The number of nitrogen functional groups attached to an aromatic ring is 1. The van der Waals surface area contributed by atoms with Crippen molar-refractivity contribution in [3.05, 3.63) is 40.7 Å². The summed E-state index contributed by atoms with van der Waals surface area (Å²) in [6.07, 6.45) is 2.23. The van der Waals surface area contributed by atoms with Crippen LogP contribution in [-0.4, -0.2) is 9.97 Å². The molecular weight excluding hydrogens is 276 g/mol. The van der Waals surface area contributed by atoms with E-state index in [0.717, 1.165) is 24.2 Å². The molecule has 0 amide bonds. The van der Waals surface area contributed by atoms with Gasteiger partial charge in [0.15, 0.2) is 5.82 Å². The van der Waals surface area contributed by atoms with Gasteiger partial charge in [0, 0.05) is 10.9 Å². The van der Waals surface area contributed by atoms with Gasteiger partial charge in [-0.15, -0.1) is 0 Å². The van der Waals surface area contributed by atoms with Gasteiger partial charge in [0.05, 0.1) is 5.56 Å². The molecule has 0 atom stereocenters. The third-order valence-electron chi connectivity index (χ3n) is 3.21. The van der Waals surface area contributed by atoms with Crippen molar-refractivity contribution in [2.75, 3.05) is 5.43 Å². The lowest BCUT2D eigenvalue weighted by atomic mass is 10.3. The molecule has 0 unspecified atom stereocenters. The fourth-order valence-corrected chi connectivity index (χ4v) is 2.10. The summed E-state index contributed by atoms with van der Waals surface area (Å²) in [5, 5.41) is 0.619. The molecule has 1 aromatic heterocycles. The van der Waals surface area contributed by atoms with Gasteiger partial charge >= 0.3 is 0 Å². The first-order valence-corrected chi connectivity index (χ1v) is 6.83. The summed E-state index contributed by atoms with van der Waals surface area (Å²) >= 11 is 5.96. The number of aromatic nitrogens is 2. The molecule has 104 valence electrons. The number of hydrogen-bond donors (Lipinski definition) is 2. The van der Waals surface area contributed by atoms with Crippen molar-refractivity contribution in [1.29, 1.82) is 0 Å². The monoisotopic (exact) mass is 290 g/mol. The number of nitrogens with one attached hydrogen (secondary N) is 1. The molecule has 0 saturated heterocycles. The van der Waals surface area contributed by atoms with Crippen molar-refractivity contribution in [2.24, 2.45) is 5.84 Å². The van der Waals surface area contributed by atoms with E-state index in [9.17, 15) is 0 Å². The first-order chi connectivity index (χ1) is 9.67. The van der Waals surface area contributed by atoms with Crippen molar-refractivity contribution in [3.8, 4) is 11.6 Å². The predicted molar refractivity (Wildman–Crippen MR) is 78.1 cm³/mol. The van der Waals surface area contributed by atoms with Crippen molar-refractivity contribution in [1.82, 2.24) is 9.97 Å². The molecule has 3 N–H and O–H groups in total. The number of nitrogens with zero attached hydrogens (tertiary/aromatic N) is 2. The topological polar surface area (TPSA) is 73.1 Å². The van der Waals surface area contributed by atoms with Crippen LogP contribution in [-0.2, 0) is 0 Å². The first kappa shape index (κ1) is 13.1. The number of hydrazine groups is 1. The Bertz CT molecular complexity index is 643. The van der Waals surface area contributed by atoms with E-state index in [4.69, 9.17) is 22.2 Å². The molecule has 1 aliphatic rings. The number of rotatable bonds is 4. The largest absolute Gasteiger partial charge is 0.438 e. The average molecular weight is 291 g/mol. The lowest BCUT2D eigenvalue weighted by molar-refractivity contribution is 0.455. The second-order valence-corrected chi connectivity index (χ2v) is 5.28. The fraction of sp³-hybridized carbons (Fsp3) is 0.286. The zero-order valence-corrected chi connectivity index (χ0v) is 11.8. The minimum absolute atomic E-state index is 0.421. The molecule has 6 heteroatoms. The maximum Gasteiger partial charge on any atom is 0.227 e. The summed E-state index contributed by atoms with van der Waals surface area (Å²) in [6.45, 7) is 1.87. The molecule has 1 fully saturated rings. The van der Waals surface area contributed by atoms with Crippen molar-refractivity contribution in [3.63, 3.8) is 0 Å². The van der Waals surface area contributed by atoms with Crippen molar-refractivity contribution >= 4 is 17.4 Å². The van der Waals surface area contributed by atoms with Gasteiger partial charge in [-0.25, -0.2) is 10.8 Å². The molecule has 1 heterocycles. The van der Waals surface area contributed by atoms with E-state index in [1.165, 1.54) is 0 Å². The molecule has 0 radical (unpaired) electrons. The highest BCUT2D eigenvalue weighted by molar-refractivity contribution is 6.30. The molecule has 5 nitrogen and oxygen atoms in total. The summed E-state index contributed by atoms with van der Waals surface area (Å²) < 4.78 is 5.82. The van der Waals surface area contributed by atoms with Gasteiger partial charge in [-0.1, -0.05) is 17.7 Å². The minimum Gasteiger partial charge on any atom is -0.438 e. The van der Waals surface area contributed by atoms with Crippen LogP contribution in [0.5, 0.6) is 11.6 Å². The van der Waals surface area contributed by atoms with Gasteiger partial charge in [-0.2, -0.15) is 4.98 Å². The number of ether oxygens (including phenoxy) is 1. The van der Waals surface area contributed by atoms with Crippen LogP contribution in [0.1, 0.15) is 30.1 Å². The first-order valence-electron chi connectivity index (χ1n) is 6.46. The smallest absolute Gasteiger partial charge is 0.227 e. The molecule has 0 spiro atoms. The molecule has 1 aliphatic carbocycles. The van der Waals surface area contributed by atoms with E-state index in [1.807, 2.05) is 19.1 Å². The normalized spacial score (nSPS) is 14.2. The Morgan fingerprint density at radius 3 is 2.80 bits per heavy atom. The Kier molecular flexibility index (Phi) is 3.46. The number of halogens is 1. The van der Waals surface area contributed by atoms with Crippen molar-refractivity contribution < 1.29 is 4.74 Å². The Morgan fingerprint density at radius 2 is 2.15 bits per heavy atom. The highest BCUT2D eigenvalue weighted by Crippen LogP contribution is 2.40. The van der Waals surface area contributed by atoms with Crippen LogP contribution in [0, 0.1) is 6.92 Å². The molecule has 0 aliphatic heterocycles. The third kappa shape index (κ3) is 2.69. The molecule has 1 aromatic carbocycles. The van der Waals surface area contributed by atoms with Gasteiger partial charge in [0.2, 0.25) is 5.88 Å². The summed E-state index contributed by atoms with van der Waals surface area (Å²) in [4.78, 5) is 8.92. The molecule has 2 aromatic rings. The van der Waals surface area contributed by atoms with Gasteiger partial charge in [0.1, 0.15) is 11.6 Å². The fourth-order valence-electron chi connectivity index (χ4n) is 1.92. The number of hydrogen-bond acceptors (Lipinski definition) is 5. The standard InChI is InChI=1S/C14H15ClN4O/c1-8-12(19-16)17-13(9-5-6-9)18-14(8)20-11-4-2-3-10(15)7-11/h2-4,7,9H,5-6,16H2,1H3,(H,17,18,19). The Hall–Kier alpha value is -1.85. The summed E-state index contributed by atoms with van der Waals surface area (Å²) in [5.74, 6) is 8.46. The molecular formula is C14H15ClN4O. The van der Waals surface area contributed by atoms with Crippen LogP contribution in [0.2, 0.25) is 5.02 Å². The summed E-state index contributed by atoms with van der Waals surface area (Å²) in [5.41, 5.74) is 3.37. The second kappa shape index (κ2) is 5.26. The van der Waals surface area contributed by atoms with Crippen LogP contribution < -0.4 is 16.0 Å². The van der Waals surface area contributed by atoms with Crippen LogP contribution in [0.25, 0.3) is 0 Å². The van der Waals surface area contributed by atoms with Gasteiger partial charge in [0.25, 0.3) is 0 Å². The Labute approximate surface area is 122 Å². The number of nitrogens with two attached hydrogens (primary N) is 1. The van der Waals surface area contributed by atoms with Crippen molar-refractivity contribution in [2.45, 2.75) is 25.7 Å². The Balaban J connectivity index is 1.97. The molecule has 20 heavy (non-hydrogen) atoms. The lowest BCUT2D eigenvalue weighted by Crippen LogP contribution is -2.13. The number of anilines is 1. The van der Waals surface area contributed by atoms with E-state index in [0.29, 0.717) is 28.4 Å². The van der Waals surface area contributed by atoms with Gasteiger partial charge in [-0.05, 0) is 38.0 Å². The van der Waals surface area contributed by atoms with E-state index in [-0.39, 0.29) is 0 Å². The van der Waals surface area contributed by atoms with Crippen LogP contribution >= 0.6 is 11.6 Å². The maximum atomic E-state index is 5.96. The van der Waals surface area contributed by atoms with Crippen LogP contribution in [0.4, 0.5) is 5.82 Å². The summed E-state index contributed by atoms with van der Waals surface area (Å²) in [7, 11) is 0. The van der Waals surface area contributed by atoms with E-state index >= 15 is 0 Å². The van der Waals surface area contributed by atoms with Crippen LogP contribution in [0.3, 0.4) is 0 Å². The zero-order chi connectivity index (χ0) is 14.1. The average Bonchev–Trinajstić information content (AvgIpc) is 3.25. The SMILES string of the molecule is Cc1c(NN)nc(C2CC2)nc1Oc1cccc(Cl)c1. The lowest BCUT2D eigenvalue weighted by Gasteiger charge is -2.12. The zero-order valence-electron chi connectivity index (χ0n) is 11.1. The molecule has 0 bridgehead atoms. The quantitative estimate of drug-likeness (QED) is 0.667. The molecule has 1 saturated carbocycles. The van der Waals surface area contributed by atoms with Crippen LogP contribution in [0.15, 0.2) is 24.3 Å². The van der Waals surface area contributed by atoms with Gasteiger partial charge < -0.3 is 10.2 Å². The minimum atomic E-state index is 0.421. The van der Waals surface area contributed by atoms with E-state index < -0.39 is 0 Å². The summed E-state index contributed by atoms with van der Waals surface area (Å²) in [6, 6.07) is 7.21. The molecule has 3 rings (SSSR count). The third-order valence-corrected chi connectivity index (χ3v) is 3.44. The van der Waals surface area contributed by atoms with E-state index in [2.05, 4.69) is 15.4 Å².